The molecule has 0 saturated heterocycles. The topological polar surface area (TPSA) is 52.6 Å². The van der Waals surface area contributed by atoms with Crippen molar-refractivity contribution in [1.82, 2.24) is 0 Å². The van der Waals surface area contributed by atoms with E-state index in [0.717, 1.165) is 49.0 Å². The lowest BCUT2D eigenvalue weighted by Gasteiger charge is -2.05. The maximum atomic E-state index is 11.7. The molecule has 0 bridgehead atoms. The van der Waals surface area contributed by atoms with E-state index in [2.05, 4.69) is 39.2 Å². The highest BCUT2D eigenvalue weighted by Gasteiger charge is 2.03. The van der Waals surface area contributed by atoms with Crippen molar-refractivity contribution in [1.29, 1.82) is 0 Å². The van der Waals surface area contributed by atoms with Crippen LogP contribution in [0.5, 0.6) is 0 Å². The second-order valence-corrected chi connectivity index (χ2v) is 7.23. The Hall–Kier alpha value is -2.36. The van der Waals surface area contributed by atoms with Crippen LogP contribution in [0.2, 0.25) is 0 Å². The van der Waals surface area contributed by atoms with Crippen molar-refractivity contribution in [3.8, 4) is 0 Å². The second kappa shape index (κ2) is 15.7. The third kappa shape index (κ3) is 14.8. The number of ether oxygens (including phenoxy) is 2. The van der Waals surface area contributed by atoms with Crippen LogP contribution in [0.1, 0.15) is 53.4 Å². The Balaban J connectivity index is 4.11. The van der Waals surface area contributed by atoms with Crippen LogP contribution >= 0.6 is 0 Å². The molecule has 0 spiro atoms. The predicted octanol–water partition coefficient (Wildman–Crippen LogP) is 5.73. The van der Waals surface area contributed by atoms with Crippen LogP contribution in [-0.4, -0.2) is 25.2 Å². The van der Waals surface area contributed by atoms with Gasteiger partial charge in [-0.3, -0.25) is 0 Å². The molecule has 0 N–H and O–H groups in total. The Morgan fingerprint density at radius 3 is 1.46 bits per heavy atom. The van der Waals surface area contributed by atoms with Crippen LogP contribution in [0.3, 0.4) is 0 Å². The first-order valence-electron chi connectivity index (χ1n) is 9.86. The average Bonchev–Trinajstić information content (AvgIpc) is 2.68. The second-order valence-electron chi connectivity index (χ2n) is 7.23. The quantitative estimate of drug-likeness (QED) is 0.217. The molecule has 0 fully saturated rings. The first kappa shape index (κ1) is 25.6. The lowest BCUT2D eigenvalue weighted by molar-refractivity contribution is -0.139. The van der Waals surface area contributed by atoms with Gasteiger partial charge >= 0.3 is 11.9 Å². The zero-order valence-electron chi connectivity index (χ0n) is 17.9. The van der Waals surface area contributed by atoms with Crippen LogP contribution in [0.15, 0.2) is 60.8 Å². The molecule has 0 aromatic rings. The highest BCUT2D eigenvalue weighted by molar-refractivity contribution is 5.91. The number of hydrogen-bond acceptors (Lipinski definition) is 4. The summed E-state index contributed by atoms with van der Waals surface area (Å²) in [7, 11) is 0. The van der Waals surface area contributed by atoms with Crippen molar-refractivity contribution in [2.24, 2.45) is 11.8 Å². The summed E-state index contributed by atoms with van der Waals surface area (Å²) in [6.45, 7) is 16.0. The summed E-state index contributed by atoms with van der Waals surface area (Å²) in [5, 5.41) is 0. The largest absolute Gasteiger partial charge is 0.458 e. The van der Waals surface area contributed by atoms with Gasteiger partial charge < -0.3 is 9.47 Å². The number of hydrogen-bond donors (Lipinski definition) is 0. The highest BCUT2D eigenvalue weighted by atomic mass is 16.5. The van der Waals surface area contributed by atoms with Crippen molar-refractivity contribution < 1.29 is 19.1 Å². The summed E-state index contributed by atoms with van der Waals surface area (Å²) in [6.07, 6.45) is 14.0. The molecule has 156 valence electrons. The molecule has 0 aliphatic heterocycles. The molecule has 2 atom stereocenters. The third-order valence-electron chi connectivity index (χ3n) is 4.27. The van der Waals surface area contributed by atoms with Gasteiger partial charge in [-0.1, -0.05) is 38.2 Å². The lowest BCUT2D eigenvalue weighted by Crippen LogP contribution is -2.07. The van der Waals surface area contributed by atoms with Gasteiger partial charge in [-0.25, -0.2) is 9.59 Å². The van der Waals surface area contributed by atoms with Gasteiger partial charge in [0.15, 0.2) is 0 Å². The minimum absolute atomic E-state index is 0.214. The number of carbonyl (C=O) groups is 2. The lowest BCUT2D eigenvalue weighted by atomic mass is 10.1. The smallest absolute Gasteiger partial charge is 0.331 e. The van der Waals surface area contributed by atoms with Crippen LogP contribution in [0.25, 0.3) is 0 Å². The van der Waals surface area contributed by atoms with Crippen molar-refractivity contribution in [2.75, 3.05) is 13.2 Å². The Bertz CT molecular complexity index is 544. The summed E-state index contributed by atoms with van der Waals surface area (Å²) in [4.78, 5) is 23.4. The summed E-state index contributed by atoms with van der Waals surface area (Å²) in [6, 6.07) is 0. The number of esters is 2. The Kier molecular flexibility index (Phi) is 14.4. The highest BCUT2D eigenvalue weighted by Crippen LogP contribution is 2.09. The molecule has 0 amide bonds. The van der Waals surface area contributed by atoms with Gasteiger partial charge in [-0.15, -0.1) is 13.2 Å². The average molecular weight is 389 g/mol. The molecule has 28 heavy (non-hydrogen) atoms. The minimum atomic E-state index is -0.560. The normalized spacial score (nSPS) is 14.4. The van der Waals surface area contributed by atoms with Crippen molar-refractivity contribution in [3.05, 3.63) is 60.8 Å². The monoisotopic (exact) mass is 388 g/mol. The van der Waals surface area contributed by atoms with Crippen molar-refractivity contribution in [2.45, 2.75) is 53.4 Å². The van der Waals surface area contributed by atoms with E-state index in [1.54, 1.807) is 0 Å². The van der Waals surface area contributed by atoms with Crippen LogP contribution in [-0.2, 0) is 19.1 Å². The first-order valence-corrected chi connectivity index (χ1v) is 9.86. The molecule has 4 nitrogen and oxygen atoms in total. The van der Waals surface area contributed by atoms with Crippen molar-refractivity contribution >= 4 is 11.9 Å². The van der Waals surface area contributed by atoms with Crippen LogP contribution in [0, 0.1) is 11.8 Å². The molecule has 0 heterocycles. The summed E-state index contributed by atoms with van der Waals surface area (Å²) in [5.74, 6) is -0.186. The SMILES string of the molecule is C=CC(C)CCC=C(C)COC(=O)C=CC(=O)OCC(C)=CCCC(C)C=C. The fraction of sp³-hybridized carbons (Fsp3) is 0.500. The maximum Gasteiger partial charge on any atom is 0.331 e. The molecule has 0 saturated carbocycles. The number of carbonyl (C=O) groups excluding carboxylic acids is 2. The van der Waals surface area contributed by atoms with Gasteiger partial charge in [0.1, 0.15) is 13.2 Å². The summed E-state index contributed by atoms with van der Waals surface area (Å²) < 4.78 is 10.2. The predicted molar refractivity (Wildman–Crippen MR) is 116 cm³/mol. The molecule has 0 rings (SSSR count). The zero-order chi connectivity index (χ0) is 21.4. The van der Waals surface area contributed by atoms with Crippen LogP contribution < -0.4 is 0 Å². The van der Waals surface area contributed by atoms with E-state index in [9.17, 15) is 9.59 Å². The standard InChI is InChI=1S/C24H36O4/c1-7-19(3)11-9-13-21(5)17-27-23(25)15-16-24(26)28-18-22(6)14-10-12-20(4)8-2/h7-8,13-16,19-20H,1-2,9-12,17-18H2,3-6H3. The molecule has 4 heteroatoms. The molecule has 0 aromatic carbocycles. The fourth-order valence-corrected chi connectivity index (χ4v) is 2.14. The molecule has 0 radical (unpaired) electrons. The Labute approximate surface area is 170 Å². The molecular formula is C24H36O4. The van der Waals surface area contributed by atoms with Gasteiger partial charge in [0.25, 0.3) is 0 Å². The van der Waals surface area contributed by atoms with E-state index in [-0.39, 0.29) is 13.2 Å². The molecule has 0 aromatic heterocycles. The zero-order valence-corrected chi connectivity index (χ0v) is 17.9. The van der Waals surface area contributed by atoms with Gasteiger partial charge in [-0.2, -0.15) is 0 Å². The van der Waals surface area contributed by atoms with E-state index in [4.69, 9.17) is 9.47 Å². The van der Waals surface area contributed by atoms with E-state index < -0.39 is 11.9 Å². The maximum absolute atomic E-state index is 11.7. The first-order chi connectivity index (χ1) is 13.3. The van der Waals surface area contributed by atoms with E-state index in [0.29, 0.717) is 11.8 Å². The Morgan fingerprint density at radius 2 is 1.14 bits per heavy atom. The number of allylic oxidation sites excluding steroid dienone is 4. The van der Waals surface area contributed by atoms with Crippen molar-refractivity contribution in [3.63, 3.8) is 0 Å². The third-order valence-corrected chi connectivity index (χ3v) is 4.27. The van der Waals surface area contributed by atoms with Gasteiger partial charge in [0.05, 0.1) is 0 Å². The molecule has 0 aliphatic carbocycles. The minimum Gasteiger partial charge on any atom is -0.458 e. The molecular weight excluding hydrogens is 352 g/mol. The summed E-state index contributed by atoms with van der Waals surface area (Å²) in [5.41, 5.74) is 1.96. The van der Waals surface area contributed by atoms with Gasteiger partial charge in [0, 0.05) is 12.2 Å². The Morgan fingerprint density at radius 1 is 0.786 bits per heavy atom. The van der Waals surface area contributed by atoms with Crippen LogP contribution in [0.4, 0.5) is 0 Å². The molecule has 0 aliphatic rings. The van der Waals surface area contributed by atoms with Gasteiger partial charge in [-0.05, 0) is 62.5 Å². The van der Waals surface area contributed by atoms with Gasteiger partial charge in [0.2, 0.25) is 0 Å². The van der Waals surface area contributed by atoms with E-state index >= 15 is 0 Å². The van der Waals surface area contributed by atoms with E-state index in [1.165, 1.54) is 0 Å². The fourth-order valence-electron chi connectivity index (χ4n) is 2.14. The summed E-state index contributed by atoms with van der Waals surface area (Å²) >= 11 is 0. The van der Waals surface area contributed by atoms with E-state index in [1.807, 2.05) is 26.0 Å². The molecule has 2 unspecified atom stereocenters. The number of rotatable bonds is 14.